The molecule has 1 aliphatic carbocycles. The maximum atomic E-state index is 13.1. The molecule has 0 spiro atoms. The van der Waals surface area contributed by atoms with E-state index in [4.69, 9.17) is 0 Å². The van der Waals surface area contributed by atoms with Crippen molar-refractivity contribution in [3.05, 3.63) is 34.1 Å². The third-order valence-corrected chi connectivity index (χ3v) is 4.12. The standard InChI is InChI=1S/C14H17BrFNO2/c15-11-8-9(4-5-12(11)16)6-7-17-14(19)10-2-1-3-13(10)18/h4-5,8,10,13,18H,1-3,6-7H2,(H,17,19). The highest BCUT2D eigenvalue weighted by atomic mass is 79.9. The van der Waals surface area contributed by atoms with Crippen LogP contribution in [-0.2, 0) is 11.2 Å². The number of carbonyl (C=O) groups excluding carboxylic acids is 1. The lowest BCUT2D eigenvalue weighted by Gasteiger charge is -2.14. The predicted molar refractivity (Wildman–Crippen MR) is 74.2 cm³/mol. The molecule has 5 heteroatoms. The Morgan fingerprint density at radius 1 is 1.47 bits per heavy atom. The minimum absolute atomic E-state index is 0.0776. The summed E-state index contributed by atoms with van der Waals surface area (Å²) in [5.74, 6) is -0.631. The minimum Gasteiger partial charge on any atom is -0.392 e. The molecule has 1 fully saturated rings. The Hall–Kier alpha value is -0.940. The van der Waals surface area contributed by atoms with E-state index in [1.807, 2.05) is 0 Å². The van der Waals surface area contributed by atoms with Crippen molar-refractivity contribution >= 4 is 21.8 Å². The first kappa shape index (κ1) is 14.5. The second-order valence-corrected chi connectivity index (χ2v) is 5.75. The molecule has 0 aromatic heterocycles. The summed E-state index contributed by atoms with van der Waals surface area (Å²) in [6.45, 7) is 0.500. The van der Waals surface area contributed by atoms with E-state index in [0.29, 0.717) is 23.9 Å². The summed E-state index contributed by atoms with van der Waals surface area (Å²) < 4.78 is 13.5. The molecule has 2 atom stereocenters. The van der Waals surface area contributed by atoms with Gasteiger partial charge in [0.15, 0.2) is 0 Å². The number of carbonyl (C=O) groups is 1. The molecule has 1 amide bonds. The smallest absolute Gasteiger partial charge is 0.225 e. The first-order valence-electron chi connectivity index (χ1n) is 6.47. The van der Waals surface area contributed by atoms with Crippen LogP contribution >= 0.6 is 15.9 Å². The van der Waals surface area contributed by atoms with E-state index in [-0.39, 0.29) is 17.6 Å². The Kier molecular flexibility index (Phi) is 4.93. The fraction of sp³-hybridized carbons (Fsp3) is 0.500. The third kappa shape index (κ3) is 3.76. The van der Waals surface area contributed by atoms with Crippen molar-refractivity contribution < 1.29 is 14.3 Å². The van der Waals surface area contributed by atoms with E-state index in [9.17, 15) is 14.3 Å². The SMILES string of the molecule is O=C(NCCc1ccc(F)c(Br)c1)C1CCCC1O. The van der Waals surface area contributed by atoms with Crippen molar-refractivity contribution in [3.8, 4) is 0 Å². The van der Waals surface area contributed by atoms with Crippen LogP contribution in [0, 0.1) is 11.7 Å². The second-order valence-electron chi connectivity index (χ2n) is 4.89. The second kappa shape index (κ2) is 6.48. The normalized spacial score (nSPS) is 22.5. The molecule has 2 N–H and O–H groups in total. The monoisotopic (exact) mass is 329 g/mol. The van der Waals surface area contributed by atoms with Crippen molar-refractivity contribution in [2.75, 3.05) is 6.54 Å². The summed E-state index contributed by atoms with van der Waals surface area (Å²) in [6.07, 6.45) is 2.52. The number of aliphatic hydroxyl groups is 1. The van der Waals surface area contributed by atoms with Gasteiger partial charge in [-0.2, -0.15) is 0 Å². The maximum absolute atomic E-state index is 13.1. The quantitative estimate of drug-likeness (QED) is 0.891. The minimum atomic E-state index is -0.500. The number of benzene rings is 1. The molecule has 0 heterocycles. The molecule has 1 aromatic carbocycles. The summed E-state index contributed by atoms with van der Waals surface area (Å²) in [5, 5.41) is 12.5. The largest absolute Gasteiger partial charge is 0.392 e. The Morgan fingerprint density at radius 3 is 2.89 bits per heavy atom. The molecular formula is C14H17BrFNO2. The molecule has 1 aliphatic rings. The predicted octanol–water partition coefficient (Wildman–Crippen LogP) is 2.41. The van der Waals surface area contributed by atoms with E-state index in [0.717, 1.165) is 18.4 Å². The van der Waals surface area contributed by atoms with Crippen molar-refractivity contribution in [1.29, 1.82) is 0 Å². The average Bonchev–Trinajstić information content (AvgIpc) is 2.80. The summed E-state index contributed by atoms with van der Waals surface area (Å²) in [5.41, 5.74) is 0.959. The lowest BCUT2D eigenvalue weighted by molar-refractivity contribution is -0.127. The molecule has 2 rings (SSSR count). The summed E-state index contributed by atoms with van der Waals surface area (Å²) in [7, 11) is 0. The topological polar surface area (TPSA) is 49.3 Å². The first-order valence-corrected chi connectivity index (χ1v) is 7.27. The van der Waals surface area contributed by atoms with Crippen molar-refractivity contribution in [1.82, 2.24) is 5.32 Å². The van der Waals surface area contributed by atoms with Gasteiger partial charge in [0.2, 0.25) is 5.91 Å². The van der Waals surface area contributed by atoms with Gasteiger partial charge in [0.05, 0.1) is 16.5 Å². The van der Waals surface area contributed by atoms with E-state index in [2.05, 4.69) is 21.2 Å². The molecule has 0 aliphatic heterocycles. The number of hydrogen-bond acceptors (Lipinski definition) is 2. The highest BCUT2D eigenvalue weighted by Crippen LogP contribution is 2.25. The molecule has 3 nitrogen and oxygen atoms in total. The van der Waals surface area contributed by atoms with Gasteiger partial charge in [-0.15, -0.1) is 0 Å². The number of aliphatic hydroxyl groups excluding tert-OH is 1. The summed E-state index contributed by atoms with van der Waals surface area (Å²) in [6, 6.07) is 4.82. The van der Waals surface area contributed by atoms with Crippen LogP contribution in [0.5, 0.6) is 0 Å². The van der Waals surface area contributed by atoms with Crippen LogP contribution in [0.3, 0.4) is 0 Å². The molecule has 0 bridgehead atoms. The zero-order chi connectivity index (χ0) is 13.8. The van der Waals surface area contributed by atoms with Gasteiger partial charge < -0.3 is 10.4 Å². The first-order chi connectivity index (χ1) is 9.08. The molecule has 104 valence electrons. The Bertz CT molecular complexity index is 467. The fourth-order valence-corrected chi connectivity index (χ4v) is 2.83. The van der Waals surface area contributed by atoms with Gasteiger partial charge in [-0.25, -0.2) is 4.39 Å². The van der Waals surface area contributed by atoms with Crippen LogP contribution in [0.2, 0.25) is 0 Å². The van der Waals surface area contributed by atoms with Gasteiger partial charge in [0.1, 0.15) is 5.82 Å². The Balaban J connectivity index is 1.79. The maximum Gasteiger partial charge on any atom is 0.225 e. The van der Waals surface area contributed by atoms with E-state index >= 15 is 0 Å². The van der Waals surface area contributed by atoms with Gasteiger partial charge in [-0.1, -0.05) is 6.07 Å². The molecule has 0 saturated heterocycles. The Morgan fingerprint density at radius 2 is 2.26 bits per heavy atom. The summed E-state index contributed by atoms with van der Waals surface area (Å²) in [4.78, 5) is 11.8. The van der Waals surface area contributed by atoms with E-state index in [1.165, 1.54) is 6.07 Å². The lowest BCUT2D eigenvalue weighted by Crippen LogP contribution is -2.35. The van der Waals surface area contributed by atoms with Gasteiger partial charge in [0.25, 0.3) is 0 Å². The molecule has 2 unspecified atom stereocenters. The Labute approximate surface area is 120 Å². The van der Waals surface area contributed by atoms with Crippen molar-refractivity contribution in [2.24, 2.45) is 5.92 Å². The zero-order valence-corrected chi connectivity index (χ0v) is 12.1. The number of halogens is 2. The highest BCUT2D eigenvalue weighted by Gasteiger charge is 2.30. The number of rotatable bonds is 4. The number of amides is 1. The number of nitrogens with one attached hydrogen (secondary N) is 1. The molecule has 19 heavy (non-hydrogen) atoms. The van der Waals surface area contributed by atoms with E-state index < -0.39 is 6.10 Å². The van der Waals surface area contributed by atoms with Gasteiger partial charge >= 0.3 is 0 Å². The van der Waals surface area contributed by atoms with Gasteiger partial charge in [-0.3, -0.25) is 4.79 Å². The van der Waals surface area contributed by atoms with Crippen LogP contribution in [0.25, 0.3) is 0 Å². The average molecular weight is 330 g/mol. The van der Waals surface area contributed by atoms with Crippen molar-refractivity contribution in [3.63, 3.8) is 0 Å². The molecule has 0 radical (unpaired) electrons. The third-order valence-electron chi connectivity index (χ3n) is 3.51. The van der Waals surface area contributed by atoms with Crippen LogP contribution < -0.4 is 5.32 Å². The van der Waals surface area contributed by atoms with Gasteiger partial charge in [-0.05, 0) is 59.3 Å². The molecular weight excluding hydrogens is 313 g/mol. The fourth-order valence-electron chi connectivity index (χ4n) is 2.40. The van der Waals surface area contributed by atoms with E-state index in [1.54, 1.807) is 12.1 Å². The number of hydrogen-bond donors (Lipinski definition) is 2. The van der Waals surface area contributed by atoms with Crippen LogP contribution in [0.15, 0.2) is 22.7 Å². The summed E-state index contributed by atoms with van der Waals surface area (Å²) >= 11 is 3.13. The van der Waals surface area contributed by atoms with Crippen LogP contribution in [-0.4, -0.2) is 23.7 Å². The molecule has 1 saturated carbocycles. The lowest BCUT2D eigenvalue weighted by atomic mass is 10.1. The van der Waals surface area contributed by atoms with Crippen LogP contribution in [0.1, 0.15) is 24.8 Å². The molecule has 1 aromatic rings. The zero-order valence-electron chi connectivity index (χ0n) is 10.5. The van der Waals surface area contributed by atoms with Crippen LogP contribution in [0.4, 0.5) is 4.39 Å². The van der Waals surface area contributed by atoms with Crippen molar-refractivity contribution in [2.45, 2.75) is 31.8 Å². The highest BCUT2D eigenvalue weighted by molar-refractivity contribution is 9.10. The van der Waals surface area contributed by atoms with Gasteiger partial charge in [0, 0.05) is 6.54 Å².